The van der Waals surface area contributed by atoms with Crippen LogP contribution < -0.4 is 5.32 Å². The van der Waals surface area contributed by atoms with Crippen LogP contribution in [-0.4, -0.2) is 23.9 Å². The number of carbonyl (C=O) groups excluding carboxylic acids is 1. The molecule has 1 saturated heterocycles. The molecule has 1 N–H and O–H groups in total. The minimum absolute atomic E-state index is 0.0811. The molecule has 0 unspecified atom stereocenters. The first-order chi connectivity index (χ1) is 15.6. The Kier molecular flexibility index (Phi) is 5.58. The Bertz CT molecular complexity index is 1200. The molecule has 4 aromatic rings. The number of anilines is 1. The van der Waals surface area contributed by atoms with E-state index in [0.717, 1.165) is 54.1 Å². The van der Waals surface area contributed by atoms with Gasteiger partial charge in [0.25, 0.3) is 5.91 Å². The van der Waals surface area contributed by atoms with Crippen LogP contribution >= 0.6 is 0 Å². The van der Waals surface area contributed by atoms with Gasteiger partial charge in [0.2, 0.25) is 0 Å². The standard InChI is InChI=1S/C27H28N2O3/c1-18-9-11-20(12-10-18)25(29-15-13-19(2)14-16-29)26-24(21-6-3-4-7-22(21)32-26)28-27(30)23-8-5-17-31-23/h3-12,17,19,25H,13-16H2,1-2H3,(H,28,30)/t25-/m1/s1. The summed E-state index contributed by atoms with van der Waals surface area (Å²) >= 11 is 0. The number of fused-ring (bicyclic) bond motifs is 1. The van der Waals surface area contributed by atoms with Crippen LogP contribution in [0.4, 0.5) is 5.69 Å². The molecule has 5 heteroatoms. The largest absolute Gasteiger partial charge is 0.459 e. The number of aryl methyl sites for hydroxylation is 1. The van der Waals surface area contributed by atoms with Gasteiger partial charge < -0.3 is 14.2 Å². The van der Waals surface area contributed by atoms with E-state index in [2.05, 4.69) is 48.3 Å². The zero-order valence-corrected chi connectivity index (χ0v) is 18.5. The van der Waals surface area contributed by atoms with Gasteiger partial charge in [-0.3, -0.25) is 9.69 Å². The summed E-state index contributed by atoms with van der Waals surface area (Å²) in [6.07, 6.45) is 3.81. The molecule has 1 fully saturated rings. The van der Waals surface area contributed by atoms with E-state index in [0.29, 0.717) is 5.69 Å². The lowest BCUT2D eigenvalue weighted by Gasteiger charge is -2.36. The van der Waals surface area contributed by atoms with Gasteiger partial charge in [-0.05, 0) is 68.6 Å². The van der Waals surface area contributed by atoms with Crippen molar-refractivity contribution in [3.05, 3.63) is 89.6 Å². The molecule has 0 spiro atoms. The van der Waals surface area contributed by atoms with Crippen LogP contribution in [0.25, 0.3) is 11.0 Å². The lowest BCUT2D eigenvalue weighted by Crippen LogP contribution is -2.37. The minimum atomic E-state index is -0.280. The fourth-order valence-corrected chi connectivity index (χ4v) is 4.53. The first-order valence-corrected chi connectivity index (χ1v) is 11.3. The summed E-state index contributed by atoms with van der Waals surface area (Å²) in [5, 5.41) is 3.99. The molecule has 32 heavy (non-hydrogen) atoms. The summed E-state index contributed by atoms with van der Waals surface area (Å²) in [6, 6.07) is 19.8. The quantitative estimate of drug-likeness (QED) is 0.399. The number of benzene rings is 2. The second-order valence-corrected chi connectivity index (χ2v) is 8.80. The smallest absolute Gasteiger partial charge is 0.291 e. The van der Waals surface area contributed by atoms with Gasteiger partial charge in [0.15, 0.2) is 5.76 Å². The molecule has 2 aromatic carbocycles. The predicted octanol–water partition coefficient (Wildman–Crippen LogP) is 6.41. The first-order valence-electron chi connectivity index (χ1n) is 11.3. The Balaban J connectivity index is 1.63. The van der Waals surface area contributed by atoms with Gasteiger partial charge in [0.05, 0.1) is 18.0 Å². The van der Waals surface area contributed by atoms with Crippen molar-refractivity contribution in [1.82, 2.24) is 4.90 Å². The molecule has 1 aliphatic rings. The summed E-state index contributed by atoms with van der Waals surface area (Å²) in [7, 11) is 0. The van der Waals surface area contributed by atoms with Crippen molar-refractivity contribution in [1.29, 1.82) is 0 Å². The number of nitrogens with one attached hydrogen (secondary N) is 1. The summed E-state index contributed by atoms with van der Waals surface area (Å²) < 4.78 is 11.8. The third-order valence-corrected chi connectivity index (χ3v) is 6.43. The molecule has 5 rings (SSSR count). The Morgan fingerprint density at radius 3 is 2.50 bits per heavy atom. The number of carbonyl (C=O) groups is 1. The fraction of sp³-hybridized carbons (Fsp3) is 0.296. The van der Waals surface area contributed by atoms with Crippen molar-refractivity contribution in [2.45, 2.75) is 32.7 Å². The summed E-state index contributed by atoms with van der Waals surface area (Å²) in [4.78, 5) is 15.4. The summed E-state index contributed by atoms with van der Waals surface area (Å²) in [6.45, 7) is 6.39. The van der Waals surface area contributed by atoms with E-state index < -0.39 is 0 Å². The van der Waals surface area contributed by atoms with Crippen molar-refractivity contribution < 1.29 is 13.6 Å². The number of likely N-dealkylation sites (tertiary alicyclic amines) is 1. The maximum absolute atomic E-state index is 12.9. The Labute approximate surface area is 188 Å². The highest BCUT2D eigenvalue weighted by molar-refractivity contribution is 6.08. The Morgan fingerprint density at radius 2 is 1.78 bits per heavy atom. The number of amides is 1. The van der Waals surface area contributed by atoms with Gasteiger partial charge in [0.1, 0.15) is 11.3 Å². The van der Waals surface area contributed by atoms with Crippen molar-refractivity contribution in [3.8, 4) is 0 Å². The van der Waals surface area contributed by atoms with E-state index >= 15 is 0 Å². The average molecular weight is 429 g/mol. The fourth-order valence-electron chi connectivity index (χ4n) is 4.53. The van der Waals surface area contributed by atoms with Crippen LogP contribution in [0.15, 0.2) is 75.8 Å². The average Bonchev–Trinajstić information content (AvgIpc) is 3.46. The maximum Gasteiger partial charge on any atom is 0.291 e. The highest BCUT2D eigenvalue weighted by atomic mass is 16.3. The molecule has 2 aromatic heterocycles. The molecule has 5 nitrogen and oxygen atoms in total. The third-order valence-electron chi connectivity index (χ3n) is 6.43. The highest BCUT2D eigenvalue weighted by Crippen LogP contribution is 2.41. The molecular weight excluding hydrogens is 400 g/mol. The molecular formula is C27H28N2O3. The van der Waals surface area contributed by atoms with Crippen LogP contribution in [-0.2, 0) is 0 Å². The number of para-hydroxylation sites is 1. The number of hydrogen-bond acceptors (Lipinski definition) is 4. The van der Waals surface area contributed by atoms with Crippen LogP contribution in [0.5, 0.6) is 0 Å². The van der Waals surface area contributed by atoms with E-state index in [1.807, 2.05) is 24.3 Å². The second-order valence-electron chi connectivity index (χ2n) is 8.80. The Morgan fingerprint density at radius 1 is 1.03 bits per heavy atom. The number of piperidine rings is 1. The minimum Gasteiger partial charge on any atom is -0.459 e. The first kappa shape index (κ1) is 20.6. The molecule has 164 valence electrons. The molecule has 1 amide bonds. The van der Waals surface area contributed by atoms with E-state index in [-0.39, 0.29) is 17.7 Å². The lowest BCUT2D eigenvalue weighted by atomic mass is 9.94. The SMILES string of the molecule is Cc1ccc([C@H](c2oc3ccccc3c2NC(=O)c2ccco2)N2CCC(C)CC2)cc1. The van der Waals surface area contributed by atoms with Crippen LogP contribution in [0, 0.1) is 12.8 Å². The van der Waals surface area contributed by atoms with E-state index in [1.54, 1.807) is 12.1 Å². The van der Waals surface area contributed by atoms with Gasteiger partial charge in [-0.1, -0.05) is 48.9 Å². The van der Waals surface area contributed by atoms with Gasteiger partial charge in [-0.25, -0.2) is 0 Å². The zero-order chi connectivity index (χ0) is 22.1. The number of nitrogens with zero attached hydrogens (tertiary/aromatic N) is 1. The summed E-state index contributed by atoms with van der Waals surface area (Å²) in [5.41, 5.74) is 3.86. The molecule has 1 atom stereocenters. The summed E-state index contributed by atoms with van der Waals surface area (Å²) in [5.74, 6) is 1.49. The van der Waals surface area contributed by atoms with Gasteiger partial charge in [-0.2, -0.15) is 0 Å². The van der Waals surface area contributed by atoms with Gasteiger partial charge in [-0.15, -0.1) is 0 Å². The monoisotopic (exact) mass is 428 g/mol. The van der Waals surface area contributed by atoms with Crippen molar-refractivity contribution in [3.63, 3.8) is 0 Å². The number of hydrogen-bond donors (Lipinski definition) is 1. The van der Waals surface area contributed by atoms with Crippen LogP contribution in [0.3, 0.4) is 0 Å². The predicted molar refractivity (Wildman–Crippen MR) is 126 cm³/mol. The Hall–Kier alpha value is -3.31. The number of furan rings is 2. The zero-order valence-electron chi connectivity index (χ0n) is 18.5. The molecule has 0 aliphatic carbocycles. The maximum atomic E-state index is 12.9. The van der Waals surface area contributed by atoms with E-state index in [9.17, 15) is 4.79 Å². The van der Waals surface area contributed by atoms with Gasteiger partial charge >= 0.3 is 0 Å². The van der Waals surface area contributed by atoms with E-state index in [1.165, 1.54) is 11.8 Å². The second kappa shape index (κ2) is 8.67. The van der Waals surface area contributed by atoms with Crippen molar-refractivity contribution in [2.24, 2.45) is 5.92 Å². The van der Waals surface area contributed by atoms with E-state index in [4.69, 9.17) is 8.83 Å². The number of rotatable bonds is 5. The molecule has 0 radical (unpaired) electrons. The lowest BCUT2D eigenvalue weighted by molar-refractivity contribution is 0.0995. The van der Waals surface area contributed by atoms with Crippen LogP contribution in [0.2, 0.25) is 0 Å². The topological polar surface area (TPSA) is 58.6 Å². The van der Waals surface area contributed by atoms with Crippen LogP contribution in [0.1, 0.15) is 53.2 Å². The third kappa shape index (κ3) is 3.96. The molecule has 0 bridgehead atoms. The normalized spacial score (nSPS) is 16.3. The highest BCUT2D eigenvalue weighted by Gasteiger charge is 2.32. The molecule has 1 aliphatic heterocycles. The van der Waals surface area contributed by atoms with Crippen molar-refractivity contribution >= 4 is 22.6 Å². The molecule has 3 heterocycles. The van der Waals surface area contributed by atoms with Crippen molar-refractivity contribution in [2.75, 3.05) is 18.4 Å². The molecule has 0 saturated carbocycles. The van der Waals surface area contributed by atoms with Gasteiger partial charge in [0, 0.05) is 5.39 Å².